The standard InChI is InChI=1S/C15H13Br2N3O5/c16-11-5-9-10(6-12(11)17)15(23)19(14(9)22)18-13(21)7-1-3-8(4-2-7)20(24)25/h1-4,9-12H,5-6H2,(H,18,21)/t9-,10+,11+,12-. The maximum absolute atomic E-state index is 12.5. The quantitative estimate of drug-likeness (QED) is 0.312. The lowest BCUT2D eigenvalue weighted by Crippen LogP contribution is -2.46. The van der Waals surface area contributed by atoms with Crippen molar-refractivity contribution in [3.8, 4) is 0 Å². The summed E-state index contributed by atoms with van der Waals surface area (Å²) in [6.07, 6.45) is 1.02. The molecule has 1 aliphatic heterocycles. The number of nitro groups is 1. The SMILES string of the molecule is O=C(NN1C(=O)[C@H]2C[C@@H](Br)[C@@H](Br)C[C@H]2C1=O)c1ccc([N+](=O)[O-])cc1. The molecule has 132 valence electrons. The van der Waals surface area contributed by atoms with Gasteiger partial charge in [-0.15, -0.1) is 0 Å². The van der Waals surface area contributed by atoms with Crippen molar-refractivity contribution in [2.75, 3.05) is 0 Å². The fourth-order valence-electron chi connectivity index (χ4n) is 3.11. The van der Waals surface area contributed by atoms with E-state index in [0.717, 1.165) is 5.01 Å². The Morgan fingerprint density at radius 3 is 2.00 bits per heavy atom. The third-order valence-corrected chi connectivity index (χ3v) is 7.20. The number of rotatable bonds is 3. The van der Waals surface area contributed by atoms with E-state index in [-0.39, 0.29) is 20.9 Å². The molecule has 1 saturated heterocycles. The highest BCUT2D eigenvalue weighted by Crippen LogP contribution is 2.42. The van der Waals surface area contributed by atoms with Crippen LogP contribution in [0.5, 0.6) is 0 Å². The fourth-order valence-corrected chi connectivity index (χ4v) is 4.34. The highest BCUT2D eigenvalue weighted by atomic mass is 79.9. The van der Waals surface area contributed by atoms with Gasteiger partial charge in [-0.05, 0) is 25.0 Å². The van der Waals surface area contributed by atoms with Crippen LogP contribution in [0.3, 0.4) is 0 Å². The van der Waals surface area contributed by atoms with Gasteiger partial charge in [-0.2, -0.15) is 5.01 Å². The summed E-state index contributed by atoms with van der Waals surface area (Å²) >= 11 is 6.98. The summed E-state index contributed by atoms with van der Waals surface area (Å²) < 4.78 is 0. The van der Waals surface area contributed by atoms with Gasteiger partial charge in [-0.25, -0.2) is 0 Å². The number of imide groups is 1. The molecule has 1 N–H and O–H groups in total. The molecule has 2 aliphatic rings. The van der Waals surface area contributed by atoms with Crippen LogP contribution in [0.4, 0.5) is 5.69 Å². The molecule has 25 heavy (non-hydrogen) atoms. The van der Waals surface area contributed by atoms with Crippen molar-refractivity contribution in [1.29, 1.82) is 0 Å². The average molecular weight is 475 g/mol. The summed E-state index contributed by atoms with van der Waals surface area (Å²) in [6, 6.07) is 4.92. The molecular formula is C15H13Br2N3O5. The van der Waals surface area contributed by atoms with E-state index in [4.69, 9.17) is 0 Å². The molecule has 0 aromatic heterocycles. The number of hydrazine groups is 1. The number of fused-ring (bicyclic) bond motifs is 1. The summed E-state index contributed by atoms with van der Waals surface area (Å²) in [4.78, 5) is 47.4. The number of halogens is 2. The number of benzene rings is 1. The Morgan fingerprint density at radius 1 is 1.08 bits per heavy atom. The number of nitro benzene ring substituents is 1. The van der Waals surface area contributed by atoms with Crippen molar-refractivity contribution in [3.05, 3.63) is 39.9 Å². The maximum Gasteiger partial charge on any atom is 0.270 e. The second kappa shape index (κ2) is 6.83. The van der Waals surface area contributed by atoms with Gasteiger partial charge in [0.15, 0.2) is 0 Å². The molecule has 3 rings (SSSR count). The fraction of sp³-hybridized carbons (Fsp3) is 0.400. The number of alkyl halides is 2. The van der Waals surface area contributed by atoms with Crippen molar-refractivity contribution >= 4 is 55.3 Å². The summed E-state index contributed by atoms with van der Waals surface area (Å²) in [6.45, 7) is 0. The zero-order chi connectivity index (χ0) is 18.3. The van der Waals surface area contributed by atoms with E-state index in [1.54, 1.807) is 0 Å². The van der Waals surface area contributed by atoms with Crippen LogP contribution in [-0.4, -0.2) is 37.3 Å². The van der Waals surface area contributed by atoms with Gasteiger partial charge < -0.3 is 0 Å². The van der Waals surface area contributed by atoms with Gasteiger partial charge in [0, 0.05) is 27.4 Å². The molecule has 1 saturated carbocycles. The minimum atomic E-state index is -0.666. The lowest BCUT2D eigenvalue weighted by molar-refractivity contribution is -0.384. The number of nitrogens with zero attached hydrogens (tertiary/aromatic N) is 2. The number of non-ortho nitro benzene ring substituents is 1. The molecule has 0 spiro atoms. The molecule has 3 amide bonds. The van der Waals surface area contributed by atoms with E-state index in [2.05, 4.69) is 37.3 Å². The lowest BCUT2D eigenvalue weighted by Gasteiger charge is -2.29. The van der Waals surface area contributed by atoms with Gasteiger partial charge in [-0.3, -0.25) is 29.9 Å². The van der Waals surface area contributed by atoms with Gasteiger partial charge in [0.1, 0.15) is 0 Å². The largest absolute Gasteiger partial charge is 0.272 e. The number of hydrogen-bond acceptors (Lipinski definition) is 5. The Kier molecular flexibility index (Phi) is 4.92. The van der Waals surface area contributed by atoms with Crippen LogP contribution in [0, 0.1) is 22.0 Å². The molecule has 0 bridgehead atoms. The number of hydrogen-bond donors (Lipinski definition) is 1. The van der Waals surface area contributed by atoms with E-state index < -0.39 is 34.5 Å². The monoisotopic (exact) mass is 473 g/mol. The van der Waals surface area contributed by atoms with Gasteiger partial charge in [-0.1, -0.05) is 31.9 Å². The van der Waals surface area contributed by atoms with E-state index in [0.29, 0.717) is 12.8 Å². The van der Waals surface area contributed by atoms with Crippen molar-refractivity contribution < 1.29 is 19.3 Å². The Hall–Kier alpha value is -1.81. The normalized spacial score (nSPS) is 28.6. The van der Waals surface area contributed by atoms with Crippen LogP contribution in [-0.2, 0) is 9.59 Å². The van der Waals surface area contributed by atoms with E-state index in [1.165, 1.54) is 24.3 Å². The molecular weight excluding hydrogens is 462 g/mol. The first kappa shape index (κ1) is 18.0. The highest BCUT2D eigenvalue weighted by Gasteiger charge is 2.52. The highest BCUT2D eigenvalue weighted by molar-refractivity contribution is 9.12. The van der Waals surface area contributed by atoms with Crippen molar-refractivity contribution in [1.82, 2.24) is 10.4 Å². The van der Waals surface area contributed by atoms with E-state index in [9.17, 15) is 24.5 Å². The second-order valence-electron chi connectivity index (χ2n) is 5.97. The smallest absolute Gasteiger partial charge is 0.270 e. The van der Waals surface area contributed by atoms with Gasteiger partial charge in [0.05, 0.1) is 16.8 Å². The van der Waals surface area contributed by atoms with Gasteiger partial charge >= 0.3 is 0 Å². The van der Waals surface area contributed by atoms with Crippen LogP contribution >= 0.6 is 31.9 Å². The predicted molar refractivity (Wildman–Crippen MR) is 94.1 cm³/mol. The molecule has 0 unspecified atom stereocenters. The predicted octanol–water partition coefficient (Wildman–Crippen LogP) is 2.16. The zero-order valence-electron chi connectivity index (χ0n) is 12.7. The van der Waals surface area contributed by atoms with Crippen molar-refractivity contribution in [2.24, 2.45) is 11.8 Å². The maximum atomic E-state index is 12.5. The second-order valence-corrected chi connectivity index (χ2v) is 8.33. The molecule has 10 heteroatoms. The molecule has 1 aromatic carbocycles. The van der Waals surface area contributed by atoms with E-state index >= 15 is 0 Å². The molecule has 1 aromatic rings. The van der Waals surface area contributed by atoms with Crippen molar-refractivity contribution in [3.63, 3.8) is 0 Å². The molecule has 4 atom stereocenters. The summed E-state index contributed by atoms with van der Waals surface area (Å²) in [5, 5.41) is 11.4. The molecule has 1 aliphatic carbocycles. The Bertz CT molecular complexity index is 726. The first-order valence-corrected chi connectivity index (χ1v) is 9.34. The van der Waals surface area contributed by atoms with Gasteiger partial charge in [0.25, 0.3) is 23.4 Å². The zero-order valence-corrected chi connectivity index (χ0v) is 15.9. The number of amides is 3. The number of carbonyl (C=O) groups excluding carboxylic acids is 3. The minimum absolute atomic E-state index is 0.0795. The average Bonchev–Trinajstić information content (AvgIpc) is 2.80. The Morgan fingerprint density at radius 2 is 1.56 bits per heavy atom. The van der Waals surface area contributed by atoms with Gasteiger partial charge in [0.2, 0.25) is 0 Å². The number of carbonyl (C=O) groups is 3. The molecule has 8 nitrogen and oxygen atoms in total. The summed E-state index contributed by atoms with van der Waals surface area (Å²) in [7, 11) is 0. The third kappa shape index (κ3) is 3.32. The van der Waals surface area contributed by atoms with Crippen LogP contribution < -0.4 is 5.43 Å². The third-order valence-electron chi connectivity index (χ3n) is 4.47. The lowest BCUT2D eigenvalue weighted by atomic mass is 9.81. The van der Waals surface area contributed by atoms with Crippen LogP contribution in [0.1, 0.15) is 23.2 Å². The summed E-state index contributed by atoms with van der Waals surface area (Å²) in [5.41, 5.74) is 2.30. The first-order valence-electron chi connectivity index (χ1n) is 7.51. The minimum Gasteiger partial charge on any atom is -0.272 e. The Labute approximate surface area is 159 Å². The summed E-state index contributed by atoms with van der Waals surface area (Å²) in [5.74, 6) is -2.42. The molecule has 2 fully saturated rings. The Balaban J connectivity index is 1.74. The molecule has 1 heterocycles. The topological polar surface area (TPSA) is 110 Å². The molecule has 0 radical (unpaired) electrons. The van der Waals surface area contributed by atoms with E-state index in [1.807, 2.05) is 0 Å². The first-order chi connectivity index (χ1) is 11.8. The van der Waals surface area contributed by atoms with Crippen LogP contribution in [0.25, 0.3) is 0 Å². The number of nitrogens with one attached hydrogen (secondary N) is 1. The van der Waals surface area contributed by atoms with Crippen LogP contribution in [0.2, 0.25) is 0 Å². The van der Waals surface area contributed by atoms with Crippen molar-refractivity contribution in [2.45, 2.75) is 22.5 Å². The van der Waals surface area contributed by atoms with Crippen LogP contribution in [0.15, 0.2) is 24.3 Å².